The fourth-order valence-electron chi connectivity index (χ4n) is 2.31. The highest BCUT2D eigenvalue weighted by Crippen LogP contribution is 2.28. The van der Waals surface area contributed by atoms with E-state index in [1.54, 1.807) is 12.1 Å². The number of rotatable bonds is 2. The Morgan fingerprint density at radius 1 is 1.50 bits per heavy atom. The van der Waals surface area contributed by atoms with Gasteiger partial charge in [-0.3, -0.25) is 0 Å². The third kappa shape index (κ3) is 3.16. The summed E-state index contributed by atoms with van der Waals surface area (Å²) in [5, 5.41) is 13.1. The van der Waals surface area contributed by atoms with Gasteiger partial charge in [0.25, 0.3) is 0 Å². The number of anilines is 1. The van der Waals surface area contributed by atoms with E-state index in [1.165, 1.54) is 0 Å². The number of nitrogens with one attached hydrogen (secondary N) is 1. The Hall–Kier alpha value is -1.24. The van der Waals surface area contributed by atoms with Crippen LogP contribution in [0.4, 0.5) is 5.69 Å². The predicted molar refractivity (Wildman–Crippen MR) is 72.8 cm³/mol. The molecule has 1 heterocycles. The summed E-state index contributed by atoms with van der Waals surface area (Å²) in [5.74, 6) is 0. The minimum atomic E-state index is -0.102. The monoisotopic (exact) mass is 264 g/mol. The van der Waals surface area contributed by atoms with Crippen molar-refractivity contribution in [1.29, 1.82) is 5.26 Å². The maximum atomic E-state index is 9.10. The minimum absolute atomic E-state index is 0.102. The molecule has 0 spiro atoms. The first-order chi connectivity index (χ1) is 8.50. The molecule has 0 radical (unpaired) electrons. The van der Waals surface area contributed by atoms with Crippen molar-refractivity contribution >= 4 is 17.3 Å². The van der Waals surface area contributed by atoms with Crippen LogP contribution in [0.25, 0.3) is 0 Å². The van der Waals surface area contributed by atoms with Crippen molar-refractivity contribution in [2.24, 2.45) is 0 Å². The number of hydrogen-bond donors (Lipinski definition) is 1. The van der Waals surface area contributed by atoms with E-state index >= 15 is 0 Å². The highest BCUT2D eigenvalue weighted by atomic mass is 35.5. The summed E-state index contributed by atoms with van der Waals surface area (Å²) in [6.45, 7) is 4.93. The summed E-state index contributed by atoms with van der Waals surface area (Å²) >= 11 is 5.88. The number of nitrogens with zero attached hydrogens (tertiary/aromatic N) is 1. The summed E-state index contributed by atoms with van der Waals surface area (Å²) in [5.41, 5.74) is 1.34. The lowest BCUT2D eigenvalue weighted by atomic mass is 9.93. The van der Waals surface area contributed by atoms with Crippen molar-refractivity contribution in [2.45, 2.75) is 38.3 Å². The van der Waals surface area contributed by atoms with E-state index in [9.17, 15) is 0 Å². The maximum Gasteiger partial charge on any atom is 0.101 e. The molecule has 2 rings (SSSR count). The van der Waals surface area contributed by atoms with Gasteiger partial charge in [-0.1, -0.05) is 11.6 Å². The van der Waals surface area contributed by atoms with Crippen molar-refractivity contribution in [3.8, 4) is 6.07 Å². The lowest BCUT2D eigenvalue weighted by Gasteiger charge is -2.36. The standard InChI is InChI=1S/C14H17ClN2O/c1-14(2)8-12(5-6-18-14)17-13-4-3-11(15)7-10(13)9-16/h3-4,7,12,17H,5-6,8H2,1-2H3. The first-order valence-electron chi connectivity index (χ1n) is 6.10. The smallest absolute Gasteiger partial charge is 0.101 e. The van der Waals surface area contributed by atoms with Gasteiger partial charge in [0.1, 0.15) is 6.07 Å². The van der Waals surface area contributed by atoms with Gasteiger partial charge in [0, 0.05) is 17.7 Å². The van der Waals surface area contributed by atoms with Crippen LogP contribution in [0.2, 0.25) is 5.02 Å². The lowest BCUT2D eigenvalue weighted by Crippen LogP contribution is -2.40. The molecule has 1 aliphatic heterocycles. The third-order valence-corrected chi connectivity index (χ3v) is 3.39. The van der Waals surface area contributed by atoms with Gasteiger partial charge in [-0.05, 0) is 44.9 Å². The molecular formula is C14H17ClN2O. The summed E-state index contributed by atoms with van der Waals surface area (Å²) in [6.07, 6.45) is 1.89. The number of nitriles is 1. The second-order valence-corrected chi connectivity index (χ2v) is 5.68. The van der Waals surface area contributed by atoms with E-state index in [0.717, 1.165) is 25.1 Å². The normalized spacial score (nSPS) is 22.2. The van der Waals surface area contributed by atoms with Crippen LogP contribution in [0.15, 0.2) is 18.2 Å². The molecule has 0 saturated carbocycles. The number of ether oxygens (including phenoxy) is 1. The van der Waals surface area contributed by atoms with E-state index < -0.39 is 0 Å². The van der Waals surface area contributed by atoms with Crippen LogP contribution in [-0.2, 0) is 4.74 Å². The van der Waals surface area contributed by atoms with Crippen LogP contribution in [0.5, 0.6) is 0 Å². The molecule has 1 atom stereocenters. The zero-order chi connectivity index (χ0) is 13.2. The van der Waals surface area contributed by atoms with Gasteiger partial charge in [-0.15, -0.1) is 0 Å². The fourth-order valence-corrected chi connectivity index (χ4v) is 2.48. The van der Waals surface area contributed by atoms with Crippen LogP contribution in [0, 0.1) is 11.3 Å². The average Bonchev–Trinajstić information content (AvgIpc) is 2.30. The van der Waals surface area contributed by atoms with Gasteiger partial charge in [-0.2, -0.15) is 5.26 Å². The molecule has 1 fully saturated rings. The van der Waals surface area contributed by atoms with Gasteiger partial charge in [0.05, 0.1) is 16.9 Å². The summed E-state index contributed by atoms with van der Waals surface area (Å²) in [4.78, 5) is 0. The molecule has 1 unspecified atom stereocenters. The molecule has 1 aromatic carbocycles. The van der Waals surface area contributed by atoms with Crippen LogP contribution in [0.3, 0.4) is 0 Å². The SMILES string of the molecule is CC1(C)CC(Nc2ccc(Cl)cc2C#N)CCO1. The van der Waals surface area contributed by atoms with Crippen molar-refractivity contribution < 1.29 is 4.74 Å². The fraction of sp³-hybridized carbons (Fsp3) is 0.500. The predicted octanol–water partition coefficient (Wildman–Crippen LogP) is 3.58. The van der Waals surface area contributed by atoms with E-state index in [-0.39, 0.29) is 5.60 Å². The molecule has 0 amide bonds. The molecule has 0 bridgehead atoms. The Labute approximate surface area is 113 Å². The number of benzene rings is 1. The first-order valence-corrected chi connectivity index (χ1v) is 6.48. The molecule has 0 aliphatic carbocycles. The zero-order valence-electron chi connectivity index (χ0n) is 10.7. The second-order valence-electron chi connectivity index (χ2n) is 5.24. The van der Waals surface area contributed by atoms with E-state index in [1.807, 2.05) is 6.07 Å². The van der Waals surface area contributed by atoms with E-state index in [4.69, 9.17) is 21.6 Å². The highest BCUT2D eigenvalue weighted by molar-refractivity contribution is 6.30. The van der Waals surface area contributed by atoms with Crippen molar-refractivity contribution in [2.75, 3.05) is 11.9 Å². The molecule has 18 heavy (non-hydrogen) atoms. The maximum absolute atomic E-state index is 9.10. The average molecular weight is 265 g/mol. The van der Waals surface area contributed by atoms with Crippen molar-refractivity contribution in [3.05, 3.63) is 28.8 Å². The van der Waals surface area contributed by atoms with E-state index in [2.05, 4.69) is 25.2 Å². The Kier molecular flexibility index (Phi) is 3.79. The highest BCUT2D eigenvalue weighted by Gasteiger charge is 2.28. The van der Waals surface area contributed by atoms with Gasteiger partial charge in [-0.25, -0.2) is 0 Å². The van der Waals surface area contributed by atoms with Crippen LogP contribution in [0.1, 0.15) is 32.3 Å². The summed E-state index contributed by atoms with van der Waals surface area (Å²) < 4.78 is 5.68. The van der Waals surface area contributed by atoms with Crippen molar-refractivity contribution in [3.63, 3.8) is 0 Å². The Morgan fingerprint density at radius 3 is 2.94 bits per heavy atom. The molecule has 96 valence electrons. The van der Waals surface area contributed by atoms with Gasteiger partial charge in [0.15, 0.2) is 0 Å². The minimum Gasteiger partial charge on any atom is -0.381 e. The molecular weight excluding hydrogens is 248 g/mol. The second kappa shape index (κ2) is 5.17. The van der Waals surface area contributed by atoms with Gasteiger partial charge < -0.3 is 10.1 Å². The quantitative estimate of drug-likeness (QED) is 0.888. The van der Waals surface area contributed by atoms with Gasteiger partial charge in [0.2, 0.25) is 0 Å². The zero-order valence-corrected chi connectivity index (χ0v) is 11.4. The number of halogens is 1. The van der Waals surface area contributed by atoms with Crippen LogP contribution < -0.4 is 5.32 Å². The molecule has 0 aromatic heterocycles. The van der Waals surface area contributed by atoms with Crippen LogP contribution >= 0.6 is 11.6 Å². The van der Waals surface area contributed by atoms with Crippen molar-refractivity contribution in [1.82, 2.24) is 0 Å². The van der Waals surface area contributed by atoms with E-state index in [0.29, 0.717) is 16.6 Å². The van der Waals surface area contributed by atoms with Gasteiger partial charge >= 0.3 is 0 Å². The largest absolute Gasteiger partial charge is 0.381 e. The summed E-state index contributed by atoms with van der Waals surface area (Å²) in [6, 6.07) is 7.86. The molecule has 1 N–H and O–H groups in total. The lowest BCUT2D eigenvalue weighted by molar-refractivity contribution is -0.0553. The Morgan fingerprint density at radius 2 is 2.28 bits per heavy atom. The molecule has 3 nitrogen and oxygen atoms in total. The summed E-state index contributed by atoms with van der Waals surface area (Å²) in [7, 11) is 0. The third-order valence-electron chi connectivity index (χ3n) is 3.16. The first kappa shape index (κ1) is 13.2. The molecule has 1 aromatic rings. The topological polar surface area (TPSA) is 45.0 Å². The molecule has 1 aliphatic rings. The molecule has 4 heteroatoms. The molecule has 1 saturated heterocycles. The Balaban J connectivity index is 2.12. The Bertz CT molecular complexity index is 479. The number of hydrogen-bond acceptors (Lipinski definition) is 3. The van der Waals surface area contributed by atoms with Crippen LogP contribution in [-0.4, -0.2) is 18.2 Å².